The number of nitrogens with two attached hydrogens (primary N) is 1. The Balaban J connectivity index is 2.33. The fourth-order valence-electron chi connectivity index (χ4n) is 1.63. The van der Waals surface area contributed by atoms with E-state index in [1.165, 1.54) is 36.4 Å². The number of hydrazine groups is 1. The average molecular weight is 356 g/mol. The minimum Gasteiger partial charge on any atom is -0.298 e. The molecule has 0 heterocycles. The molecule has 0 aliphatic carbocycles. The highest BCUT2D eigenvalue weighted by Gasteiger charge is 2.29. The van der Waals surface area contributed by atoms with Gasteiger partial charge in [0, 0.05) is 5.56 Å². The summed E-state index contributed by atoms with van der Waals surface area (Å²) in [6.45, 7) is 0. The molecule has 0 aliphatic rings. The van der Waals surface area contributed by atoms with Crippen molar-refractivity contribution in [3.63, 3.8) is 0 Å². The maximum Gasteiger partial charge on any atom is 0.390 e. The van der Waals surface area contributed by atoms with Gasteiger partial charge in [-0.2, -0.15) is 21.2 Å². The molecule has 23 heavy (non-hydrogen) atoms. The lowest BCUT2D eigenvalue weighted by atomic mass is 10.2. The summed E-state index contributed by atoms with van der Waals surface area (Å²) in [6, 6.07) is 12.1. The van der Waals surface area contributed by atoms with E-state index in [1.54, 1.807) is 6.07 Å². The summed E-state index contributed by atoms with van der Waals surface area (Å²) >= 11 is 0. The monoisotopic (exact) mass is 356 g/mol. The topological polar surface area (TPSA) is 124 Å². The molecule has 0 fully saturated rings. The van der Waals surface area contributed by atoms with Crippen LogP contribution in [0.5, 0.6) is 0 Å². The van der Waals surface area contributed by atoms with Crippen LogP contribution in [-0.4, -0.2) is 23.1 Å². The molecule has 0 aromatic heterocycles. The number of anilines is 1. The molecule has 2 rings (SSSR count). The Labute approximate surface area is 133 Å². The molecule has 2 N–H and O–H groups in total. The van der Waals surface area contributed by atoms with Crippen LogP contribution in [-0.2, 0) is 24.1 Å². The molecule has 0 saturated heterocycles. The molecule has 2 aromatic carbocycles. The van der Waals surface area contributed by atoms with Crippen LogP contribution in [0.3, 0.4) is 0 Å². The van der Waals surface area contributed by atoms with Gasteiger partial charge in [0.15, 0.2) is 0 Å². The van der Waals surface area contributed by atoms with E-state index in [-0.39, 0.29) is 15.7 Å². The third-order valence-corrected chi connectivity index (χ3v) is 5.64. The van der Waals surface area contributed by atoms with E-state index in [1.807, 2.05) is 0 Å². The Hall–Kier alpha value is -2.27. The lowest BCUT2D eigenvalue weighted by Crippen LogP contribution is -2.39. The zero-order valence-electron chi connectivity index (χ0n) is 11.6. The SMILES string of the molecule is NN(c1ccccc1)S(=O)(=O)OS(=O)(=O)c1cccc(C=O)c1. The van der Waals surface area contributed by atoms with E-state index in [2.05, 4.69) is 3.63 Å². The molecule has 0 radical (unpaired) electrons. The Kier molecular flexibility index (Phi) is 4.80. The van der Waals surface area contributed by atoms with Crippen LogP contribution in [0.4, 0.5) is 5.69 Å². The second-order valence-corrected chi connectivity index (χ2v) is 7.47. The zero-order valence-corrected chi connectivity index (χ0v) is 13.2. The maximum absolute atomic E-state index is 12.1. The third-order valence-electron chi connectivity index (χ3n) is 2.71. The van der Waals surface area contributed by atoms with E-state index in [4.69, 9.17) is 5.84 Å². The summed E-state index contributed by atoms with van der Waals surface area (Å²) in [4.78, 5) is 10.2. The first kappa shape index (κ1) is 17.1. The molecule has 0 spiro atoms. The number of carbonyl (C=O) groups excluding carboxylic acids is 1. The Morgan fingerprint density at radius 1 is 0.957 bits per heavy atom. The smallest absolute Gasteiger partial charge is 0.298 e. The van der Waals surface area contributed by atoms with Gasteiger partial charge in [0.1, 0.15) is 6.29 Å². The molecule has 8 nitrogen and oxygen atoms in total. The maximum atomic E-state index is 12.1. The van der Waals surface area contributed by atoms with E-state index < -0.39 is 25.3 Å². The number of aldehydes is 1. The Morgan fingerprint density at radius 3 is 2.22 bits per heavy atom. The van der Waals surface area contributed by atoms with Crippen molar-refractivity contribution in [3.8, 4) is 0 Å². The molecular formula is C13H12N2O6S2. The van der Waals surface area contributed by atoms with Crippen molar-refractivity contribution in [2.24, 2.45) is 5.84 Å². The number of hydrogen-bond donors (Lipinski definition) is 1. The summed E-state index contributed by atoms with van der Waals surface area (Å²) in [5.74, 6) is 5.41. The van der Waals surface area contributed by atoms with Gasteiger partial charge in [-0.25, -0.2) is 5.84 Å². The predicted octanol–water partition coefficient (Wildman–Crippen LogP) is 0.830. The first-order valence-corrected chi connectivity index (χ1v) is 8.90. The van der Waals surface area contributed by atoms with Crippen molar-refractivity contribution >= 4 is 32.4 Å². The largest absolute Gasteiger partial charge is 0.390 e. The summed E-state index contributed by atoms with van der Waals surface area (Å²) in [7, 11) is -9.48. The zero-order chi connectivity index (χ0) is 17.1. The van der Waals surface area contributed by atoms with Gasteiger partial charge in [-0.05, 0) is 24.3 Å². The van der Waals surface area contributed by atoms with Crippen molar-refractivity contribution in [2.45, 2.75) is 4.90 Å². The highest BCUT2D eigenvalue weighted by Crippen LogP contribution is 2.20. The van der Waals surface area contributed by atoms with Crippen molar-refractivity contribution in [2.75, 3.05) is 4.41 Å². The summed E-state index contributed by atoms with van der Waals surface area (Å²) in [5, 5.41) is 0. The van der Waals surface area contributed by atoms with Gasteiger partial charge < -0.3 is 0 Å². The van der Waals surface area contributed by atoms with E-state index in [0.29, 0.717) is 6.29 Å². The van der Waals surface area contributed by atoms with Gasteiger partial charge in [-0.1, -0.05) is 30.3 Å². The standard InChI is InChI=1S/C13H12N2O6S2/c14-15(12-6-2-1-3-7-12)23(19,20)21-22(17,18)13-8-4-5-11(9-13)10-16/h1-10H,14H2. The van der Waals surface area contributed by atoms with Gasteiger partial charge in [-0.3, -0.25) is 4.79 Å². The summed E-state index contributed by atoms with van der Waals surface area (Å²) < 4.78 is 52.6. The lowest BCUT2D eigenvalue weighted by molar-refractivity contribution is 0.112. The first-order chi connectivity index (χ1) is 10.8. The summed E-state index contributed by atoms with van der Waals surface area (Å²) in [5.41, 5.74) is 0.0732. The molecule has 0 unspecified atom stereocenters. The number of rotatable bonds is 6. The highest BCUT2D eigenvalue weighted by molar-refractivity contribution is 8.00. The number of nitrogens with zero attached hydrogens (tertiary/aromatic N) is 1. The molecule has 122 valence electrons. The molecule has 0 saturated carbocycles. The minimum atomic E-state index is -4.80. The molecule has 0 aliphatic heterocycles. The van der Waals surface area contributed by atoms with Crippen molar-refractivity contribution in [3.05, 3.63) is 60.2 Å². The van der Waals surface area contributed by atoms with Crippen LogP contribution in [0.2, 0.25) is 0 Å². The molecule has 0 bridgehead atoms. The van der Waals surface area contributed by atoms with Gasteiger partial charge in [-0.15, -0.1) is 3.63 Å². The highest BCUT2D eigenvalue weighted by atomic mass is 32.3. The van der Waals surface area contributed by atoms with Gasteiger partial charge in [0.05, 0.1) is 10.6 Å². The second kappa shape index (κ2) is 6.46. The number of carbonyl (C=O) groups is 1. The van der Waals surface area contributed by atoms with Gasteiger partial charge >= 0.3 is 20.4 Å². The number of hydrogen-bond acceptors (Lipinski definition) is 7. The molecule has 10 heteroatoms. The second-order valence-electron chi connectivity index (χ2n) is 4.30. The van der Waals surface area contributed by atoms with Crippen molar-refractivity contribution in [1.29, 1.82) is 0 Å². The van der Waals surface area contributed by atoms with E-state index >= 15 is 0 Å². The van der Waals surface area contributed by atoms with Gasteiger partial charge in [0.25, 0.3) is 0 Å². The molecular weight excluding hydrogens is 344 g/mol. The van der Waals surface area contributed by atoms with Crippen LogP contribution < -0.4 is 10.3 Å². The normalized spacial score (nSPS) is 11.9. The van der Waals surface area contributed by atoms with E-state index in [0.717, 1.165) is 12.1 Å². The fraction of sp³-hybridized carbons (Fsp3) is 0. The van der Waals surface area contributed by atoms with Crippen molar-refractivity contribution < 1.29 is 25.3 Å². The van der Waals surface area contributed by atoms with Crippen LogP contribution in [0.25, 0.3) is 0 Å². The van der Waals surface area contributed by atoms with Crippen LogP contribution in [0.15, 0.2) is 59.5 Å². The average Bonchev–Trinajstić information content (AvgIpc) is 2.54. The minimum absolute atomic E-state index is 0.0179. The van der Waals surface area contributed by atoms with Gasteiger partial charge in [0.2, 0.25) is 0 Å². The summed E-state index contributed by atoms with van der Waals surface area (Å²) in [6.07, 6.45) is 0.423. The Morgan fingerprint density at radius 2 is 1.61 bits per heavy atom. The molecule has 0 atom stereocenters. The van der Waals surface area contributed by atoms with Crippen LogP contribution >= 0.6 is 0 Å². The first-order valence-electron chi connectivity index (χ1n) is 6.12. The molecule has 2 aromatic rings. The number of para-hydroxylation sites is 1. The number of benzene rings is 2. The predicted molar refractivity (Wildman–Crippen MR) is 82.1 cm³/mol. The Bertz CT molecular complexity index is 910. The molecule has 0 amide bonds. The lowest BCUT2D eigenvalue weighted by Gasteiger charge is -2.17. The van der Waals surface area contributed by atoms with Crippen LogP contribution in [0, 0.1) is 0 Å². The fourth-order valence-corrected chi connectivity index (χ4v) is 4.02. The third kappa shape index (κ3) is 3.93. The van der Waals surface area contributed by atoms with Crippen LogP contribution in [0.1, 0.15) is 10.4 Å². The van der Waals surface area contributed by atoms with Crippen molar-refractivity contribution in [1.82, 2.24) is 0 Å². The van der Waals surface area contributed by atoms with E-state index in [9.17, 15) is 21.6 Å². The quantitative estimate of drug-likeness (QED) is 0.462.